The number of methoxy groups -OCH3 is 4. The van der Waals surface area contributed by atoms with Crippen LogP contribution in [-0.2, 0) is 23.7 Å². The summed E-state index contributed by atoms with van der Waals surface area (Å²) in [5.41, 5.74) is 1.88. The Morgan fingerprint density at radius 2 is 1.36 bits per heavy atom. The van der Waals surface area contributed by atoms with Crippen molar-refractivity contribution in [1.29, 1.82) is 5.26 Å². The van der Waals surface area contributed by atoms with Crippen LogP contribution in [-0.4, -0.2) is 40.2 Å². The van der Waals surface area contributed by atoms with Crippen molar-refractivity contribution < 1.29 is 23.7 Å². The summed E-state index contributed by atoms with van der Waals surface area (Å²) in [6.07, 6.45) is 0. The fourth-order valence-electron chi connectivity index (χ4n) is 3.73. The fraction of sp³-hybridized carbons (Fsp3) is 0.318. The lowest BCUT2D eigenvalue weighted by atomic mass is 9.79. The predicted molar refractivity (Wildman–Crippen MR) is 103 cm³/mol. The van der Waals surface area contributed by atoms with E-state index in [9.17, 15) is 5.26 Å². The van der Waals surface area contributed by atoms with Crippen molar-refractivity contribution in [1.82, 2.24) is 0 Å². The van der Waals surface area contributed by atoms with Gasteiger partial charge in [-0.25, -0.2) is 0 Å². The Balaban J connectivity index is 2.38. The molecule has 6 heteroatoms. The van der Waals surface area contributed by atoms with Crippen LogP contribution in [0.4, 0.5) is 0 Å². The van der Waals surface area contributed by atoms with Gasteiger partial charge >= 0.3 is 5.97 Å². The molecular weight excluding hydrogens is 358 g/mol. The first-order valence-electron chi connectivity index (χ1n) is 8.77. The molecule has 1 aliphatic heterocycles. The van der Waals surface area contributed by atoms with Gasteiger partial charge in [-0.15, -0.1) is 0 Å². The molecule has 1 aliphatic rings. The minimum atomic E-state index is -1.75. The van der Waals surface area contributed by atoms with Crippen LogP contribution in [0.15, 0.2) is 66.2 Å². The first-order chi connectivity index (χ1) is 13.6. The largest absolute Gasteiger partial charge is 0.433 e. The normalized spacial score (nSPS) is 20.3. The van der Waals surface area contributed by atoms with Gasteiger partial charge in [-0.2, -0.15) is 5.26 Å². The highest BCUT2D eigenvalue weighted by Gasteiger charge is 2.67. The molecule has 6 nitrogen and oxygen atoms in total. The fourth-order valence-corrected chi connectivity index (χ4v) is 3.73. The van der Waals surface area contributed by atoms with Gasteiger partial charge in [0.1, 0.15) is 5.76 Å². The molecule has 28 heavy (non-hydrogen) atoms. The maximum atomic E-state index is 10.1. The van der Waals surface area contributed by atoms with E-state index in [4.69, 9.17) is 23.7 Å². The third-order valence-corrected chi connectivity index (χ3v) is 5.01. The average Bonchev–Trinajstić information content (AvgIpc) is 2.78. The molecule has 0 bridgehead atoms. The molecule has 3 rings (SSSR count). The Hall–Kier alpha value is -2.69. The number of ether oxygens (including phenoxy) is 5. The van der Waals surface area contributed by atoms with Crippen LogP contribution in [0.1, 0.15) is 17.0 Å². The Labute approximate surface area is 164 Å². The van der Waals surface area contributed by atoms with E-state index in [2.05, 4.69) is 6.07 Å². The summed E-state index contributed by atoms with van der Waals surface area (Å²) in [7, 11) is 5.83. The van der Waals surface area contributed by atoms with E-state index < -0.39 is 17.7 Å². The van der Waals surface area contributed by atoms with Gasteiger partial charge in [0.2, 0.25) is 0 Å². The molecular formula is C22H23NO5. The third kappa shape index (κ3) is 2.89. The van der Waals surface area contributed by atoms with E-state index in [0.29, 0.717) is 11.3 Å². The Bertz CT molecular complexity index is 865. The third-order valence-electron chi connectivity index (χ3n) is 5.01. The Morgan fingerprint density at radius 3 is 1.82 bits per heavy atom. The average molecular weight is 381 g/mol. The van der Waals surface area contributed by atoms with Crippen molar-refractivity contribution in [2.75, 3.05) is 28.4 Å². The highest BCUT2D eigenvalue weighted by atomic mass is 16.9. The lowest BCUT2D eigenvalue weighted by Crippen LogP contribution is -2.65. The summed E-state index contributed by atoms with van der Waals surface area (Å²) in [5.74, 6) is -3.63. The van der Waals surface area contributed by atoms with Crippen LogP contribution < -0.4 is 0 Å². The molecule has 1 unspecified atom stereocenters. The van der Waals surface area contributed by atoms with Crippen LogP contribution in [0.2, 0.25) is 0 Å². The zero-order valence-corrected chi connectivity index (χ0v) is 16.3. The summed E-state index contributed by atoms with van der Waals surface area (Å²) in [4.78, 5) is 0. The highest BCUT2D eigenvalue weighted by Crippen LogP contribution is 2.53. The first kappa shape index (κ1) is 20.1. The SMILES string of the molecule is COC1(OC)OC(c2ccccc2)=C(C#N)C(c2ccccc2)C1(OC)OC. The molecule has 0 saturated heterocycles. The number of hydrogen-bond donors (Lipinski definition) is 0. The monoisotopic (exact) mass is 381 g/mol. The van der Waals surface area contributed by atoms with Crippen LogP contribution in [0.25, 0.3) is 5.76 Å². The molecule has 1 heterocycles. The summed E-state index contributed by atoms with van der Waals surface area (Å²) >= 11 is 0. The molecule has 0 aromatic heterocycles. The van der Waals surface area contributed by atoms with Crippen molar-refractivity contribution in [3.63, 3.8) is 0 Å². The molecule has 0 saturated carbocycles. The number of nitrogens with zero attached hydrogens (tertiary/aromatic N) is 1. The van der Waals surface area contributed by atoms with E-state index >= 15 is 0 Å². The summed E-state index contributed by atoms with van der Waals surface area (Å²) in [5, 5.41) is 10.1. The molecule has 0 radical (unpaired) electrons. The summed E-state index contributed by atoms with van der Waals surface area (Å²) < 4.78 is 29.2. The van der Waals surface area contributed by atoms with Crippen molar-refractivity contribution >= 4 is 5.76 Å². The number of benzene rings is 2. The number of hydrogen-bond acceptors (Lipinski definition) is 6. The second kappa shape index (κ2) is 8.13. The van der Waals surface area contributed by atoms with Gasteiger partial charge in [-0.3, -0.25) is 0 Å². The van der Waals surface area contributed by atoms with Gasteiger partial charge in [0.05, 0.1) is 17.6 Å². The molecule has 2 aromatic rings. The first-order valence-corrected chi connectivity index (χ1v) is 8.77. The topological polar surface area (TPSA) is 69.9 Å². The molecule has 0 N–H and O–H groups in total. The summed E-state index contributed by atoms with van der Waals surface area (Å²) in [6.45, 7) is 0. The van der Waals surface area contributed by atoms with Crippen molar-refractivity contribution in [2.45, 2.75) is 17.7 Å². The molecule has 0 aliphatic carbocycles. The number of rotatable bonds is 6. The van der Waals surface area contributed by atoms with Crippen LogP contribution in [0, 0.1) is 11.3 Å². The van der Waals surface area contributed by atoms with Crippen LogP contribution >= 0.6 is 0 Å². The van der Waals surface area contributed by atoms with Crippen LogP contribution in [0.3, 0.4) is 0 Å². The van der Waals surface area contributed by atoms with Gasteiger partial charge in [-0.1, -0.05) is 60.7 Å². The van der Waals surface area contributed by atoms with Gasteiger partial charge < -0.3 is 23.7 Å². The Kier molecular flexibility index (Phi) is 5.82. The molecule has 2 aromatic carbocycles. The van der Waals surface area contributed by atoms with E-state index in [0.717, 1.165) is 11.1 Å². The van der Waals surface area contributed by atoms with Gasteiger partial charge in [0.15, 0.2) is 0 Å². The molecule has 0 amide bonds. The van der Waals surface area contributed by atoms with E-state index in [-0.39, 0.29) is 0 Å². The maximum Gasteiger partial charge on any atom is 0.385 e. The van der Waals surface area contributed by atoms with Crippen molar-refractivity contribution in [2.24, 2.45) is 0 Å². The minimum absolute atomic E-state index is 0.352. The summed E-state index contributed by atoms with van der Waals surface area (Å²) in [6, 6.07) is 21.1. The lowest BCUT2D eigenvalue weighted by molar-refractivity contribution is -0.473. The van der Waals surface area contributed by atoms with E-state index in [1.807, 2.05) is 60.7 Å². The van der Waals surface area contributed by atoms with Crippen molar-refractivity contribution in [3.8, 4) is 6.07 Å². The van der Waals surface area contributed by atoms with E-state index in [1.54, 1.807) is 0 Å². The van der Waals surface area contributed by atoms with Gasteiger partial charge in [0.25, 0.3) is 5.79 Å². The van der Waals surface area contributed by atoms with E-state index in [1.165, 1.54) is 28.4 Å². The highest BCUT2D eigenvalue weighted by molar-refractivity contribution is 5.71. The second-order valence-electron chi connectivity index (χ2n) is 6.21. The molecule has 146 valence electrons. The standard InChI is InChI=1S/C22H23NO5/c1-24-21(25-2)19(16-11-7-5-8-12-16)18(15-23)20(17-13-9-6-10-14-17)28-22(21,26-3)27-4/h5-14,19H,1-4H3. The quantitative estimate of drug-likeness (QED) is 0.711. The van der Waals surface area contributed by atoms with Crippen LogP contribution in [0.5, 0.6) is 0 Å². The lowest BCUT2D eigenvalue weighted by Gasteiger charge is -2.51. The zero-order valence-electron chi connectivity index (χ0n) is 16.3. The minimum Gasteiger partial charge on any atom is -0.433 e. The smallest absolute Gasteiger partial charge is 0.385 e. The maximum absolute atomic E-state index is 10.1. The van der Waals surface area contributed by atoms with Gasteiger partial charge in [0, 0.05) is 34.0 Å². The van der Waals surface area contributed by atoms with Gasteiger partial charge in [-0.05, 0) is 5.56 Å². The second-order valence-corrected chi connectivity index (χ2v) is 6.21. The van der Waals surface area contributed by atoms with Crippen molar-refractivity contribution in [3.05, 3.63) is 77.4 Å². The molecule has 0 spiro atoms. The molecule has 0 fully saturated rings. The predicted octanol–water partition coefficient (Wildman–Crippen LogP) is 3.67. The number of nitriles is 1. The Morgan fingerprint density at radius 1 is 0.821 bits per heavy atom. The molecule has 1 atom stereocenters. The zero-order chi connectivity index (χ0) is 20.2.